The molecule has 0 spiro atoms. The quantitative estimate of drug-likeness (QED) is 0.679. The van der Waals surface area contributed by atoms with Crippen LogP contribution in [0.25, 0.3) is 0 Å². The first kappa shape index (κ1) is 15.6. The molecule has 0 saturated carbocycles. The van der Waals surface area contributed by atoms with E-state index in [2.05, 4.69) is 10.6 Å². The van der Waals surface area contributed by atoms with E-state index in [9.17, 15) is 9.18 Å². The van der Waals surface area contributed by atoms with Crippen LogP contribution in [-0.2, 0) is 11.2 Å². The van der Waals surface area contributed by atoms with Gasteiger partial charge in [0.15, 0.2) is 0 Å². The first-order valence-electron chi connectivity index (χ1n) is 6.45. The molecule has 1 aromatic rings. The van der Waals surface area contributed by atoms with Crippen molar-refractivity contribution in [2.75, 3.05) is 40.3 Å². The number of hydrogen-bond donors (Lipinski definition) is 2. The molecule has 0 unspecified atom stereocenters. The van der Waals surface area contributed by atoms with Gasteiger partial charge in [-0.2, -0.15) is 0 Å². The summed E-state index contributed by atoms with van der Waals surface area (Å²) in [4.78, 5) is 13.5. The van der Waals surface area contributed by atoms with E-state index >= 15 is 0 Å². The summed E-state index contributed by atoms with van der Waals surface area (Å²) >= 11 is 0. The van der Waals surface area contributed by atoms with Crippen molar-refractivity contribution < 1.29 is 9.18 Å². The normalized spacial score (nSPS) is 10.7. The molecular formula is C14H22FN3O. The van der Waals surface area contributed by atoms with Crippen LogP contribution < -0.4 is 10.6 Å². The second-order valence-corrected chi connectivity index (χ2v) is 4.67. The third-order valence-corrected chi connectivity index (χ3v) is 2.70. The molecule has 106 valence electrons. The maximum atomic E-state index is 13.3. The van der Waals surface area contributed by atoms with Gasteiger partial charge in [-0.1, -0.05) is 18.2 Å². The number of hydrogen-bond acceptors (Lipinski definition) is 3. The zero-order chi connectivity index (χ0) is 14.1. The van der Waals surface area contributed by atoms with Crippen LogP contribution in [0.4, 0.5) is 4.39 Å². The van der Waals surface area contributed by atoms with Gasteiger partial charge >= 0.3 is 0 Å². The summed E-state index contributed by atoms with van der Waals surface area (Å²) in [6, 6.07) is 6.62. The Kier molecular flexibility index (Phi) is 7.07. The Labute approximate surface area is 114 Å². The molecule has 0 radical (unpaired) electrons. The number of nitrogens with zero attached hydrogens (tertiary/aromatic N) is 1. The molecule has 2 N–H and O–H groups in total. The summed E-state index contributed by atoms with van der Waals surface area (Å²) in [5, 5.41) is 5.81. The average Bonchev–Trinajstić information content (AvgIpc) is 2.37. The van der Waals surface area contributed by atoms with Crippen molar-refractivity contribution in [3.05, 3.63) is 35.6 Å². The molecular weight excluding hydrogens is 245 g/mol. The van der Waals surface area contributed by atoms with Gasteiger partial charge in [-0.25, -0.2) is 4.39 Å². The second-order valence-electron chi connectivity index (χ2n) is 4.67. The summed E-state index contributed by atoms with van der Waals surface area (Å²) in [5.74, 6) is -0.282. The molecule has 19 heavy (non-hydrogen) atoms. The highest BCUT2D eigenvalue weighted by Gasteiger charge is 2.03. The predicted octanol–water partition coefficient (Wildman–Crippen LogP) is 0.636. The molecule has 0 saturated heterocycles. The van der Waals surface area contributed by atoms with Crippen molar-refractivity contribution in [1.82, 2.24) is 15.5 Å². The first-order valence-corrected chi connectivity index (χ1v) is 6.45. The number of rotatable bonds is 8. The molecule has 0 atom stereocenters. The van der Waals surface area contributed by atoms with Crippen molar-refractivity contribution in [2.24, 2.45) is 0 Å². The first-order chi connectivity index (χ1) is 9.09. The van der Waals surface area contributed by atoms with E-state index in [1.54, 1.807) is 18.2 Å². The number of carbonyl (C=O) groups is 1. The fourth-order valence-electron chi connectivity index (χ4n) is 1.60. The molecule has 0 bridgehead atoms. The van der Waals surface area contributed by atoms with Crippen molar-refractivity contribution in [3.63, 3.8) is 0 Å². The van der Waals surface area contributed by atoms with Gasteiger partial charge in [0, 0.05) is 19.6 Å². The smallest absolute Gasteiger partial charge is 0.233 e. The Morgan fingerprint density at radius 1 is 1.26 bits per heavy atom. The predicted molar refractivity (Wildman–Crippen MR) is 74.5 cm³/mol. The monoisotopic (exact) mass is 267 g/mol. The Balaban J connectivity index is 2.12. The van der Waals surface area contributed by atoms with Gasteiger partial charge in [-0.05, 0) is 32.1 Å². The molecule has 1 amide bonds. The lowest BCUT2D eigenvalue weighted by Gasteiger charge is -2.10. The Morgan fingerprint density at radius 3 is 2.68 bits per heavy atom. The van der Waals surface area contributed by atoms with E-state index in [4.69, 9.17) is 0 Å². The summed E-state index contributed by atoms with van der Waals surface area (Å²) in [5.41, 5.74) is 0.628. The lowest BCUT2D eigenvalue weighted by molar-refractivity contribution is -0.120. The van der Waals surface area contributed by atoms with Crippen LogP contribution in [0.3, 0.4) is 0 Å². The highest BCUT2D eigenvalue weighted by Crippen LogP contribution is 2.05. The van der Waals surface area contributed by atoms with Gasteiger partial charge in [-0.3, -0.25) is 4.79 Å². The van der Waals surface area contributed by atoms with Gasteiger partial charge < -0.3 is 15.5 Å². The summed E-state index contributed by atoms with van der Waals surface area (Å²) < 4.78 is 13.3. The minimum atomic E-state index is -0.221. The van der Waals surface area contributed by atoms with Crippen LogP contribution in [0.15, 0.2) is 24.3 Å². The van der Waals surface area contributed by atoms with E-state index in [-0.39, 0.29) is 11.7 Å². The van der Waals surface area contributed by atoms with E-state index in [0.717, 1.165) is 13.1 Å². The molecule has 0 aliphatic carbocycles. The minimum Gasteiger partial charge on any atom is -0.355 e. The Bertz CT molecular complexity index is 396. The molecule has 1 rings (SSSR count). The summed E-state index contributed by atoms with van der Waals surface area (Å²) in [6.07, 6.45) is 0.510. The van der Waals surface area contributed by atoms with E-state index in [0.29, 0.717) is 25.1 Å². The molecule has 0 aliphatic rings. The number of nitrogens with one attached hydrogen (secondary N) is 2. The van der Waals surface area contributed by atoms with Gasteiger partial charge in [0.05, 0.1) is 6.54 Å². The number of benzene rings is 1. The number of amides is 1. The van der Waals surface area contributed by atoms with Gasteiger partial charge in [0.2, 0.25) is 5.91 Å². The second kappa shape index (κ2) is 8.61. The lowest BCUT2D eigenvalue weighted by Crippen LogP contribution is -2.37. The van der Waals surface area contributed by atoms with Crippen LogP contribution in [0.2, 0.25) is 0 Å². The molecule has 5 heteroatoms. The Morgan fingerprint density at radius 2 is 2.00 bits per heavy atom. The van der Waals surface area contributed by atoms with Crippen LogP contribution >= 0.6 is 0 Å². The number of likely N-dealkylation sites (N-methyl/N-ethyl adjacent to an activating group) is 1. The molecule has 0 fully saturated rings. The third kappa shape index (κ3) is 6.88. The van der Waals surface area contributed by atoms with Crippen LogP contribution in [0.1, 0.15) is 5.56 Å². The SMILES string of the molecule is CN(C)CCNCC(=O)NCCc1ccccc1F. The minimum absolute atomic E-state index is 0.0601. The van der Waals surface area contributed by atoms with Gasteiger partial charge in [-0.15, -0.1) is 0 Å². The number of carbonyl (C=O) groups excluding carboxylic acids is 1. The molecule has 0 aromatic heterocycles. The van der Waals surface area contributed by atoms with Crippen molar-refractivity contribution >= 4 is 5.91 Å². The third-order valence-electron chi connectivity index (χ3n) is 2.70. The maximum Gasteiger partial charge on any atom is 0.233 e. The van der Waals surface area contributed by atoms with Crippen molar-refractivity contribution in [2.45, 2.75) is 6.42 Å². The Hall–Kier alpha value is -1.46. The lowest BCUT2D eigenvalue weighted by atomic mass is 10.1. The van der Waals surface area contributed by atoms with Gasteiger partial charge in [0.25, 0.3) is 0 Å². The highest BCUT2D eigenvalue weighted by molar-refractivity contribution is 5.77. The molecule has 1 aromatic carbocycles. The maximum absolute atomic E-state index is 13.3. The fourth-order valence-corrected chi connectivity index (χ4v) is 1.60. The number of halogens is 1. The molecule has 4 nitrogen and oxygen atoms in total. The molecule has 0 heterocycles. The van der Waals surface area contributed by atoms with Crippen LogP contribution in [0, 0.1) is 5.82 Å². The van der Waals surface area contributed by atoms with Gasteiger partial charge in [0.1, 0.15) is 5.82 Å². The summed E-state index contributed by atoms with van der Waals surface area (Å²) in [6.45, 7) is 2.41. The fraction of sp³-hybridized carbons (Fsp3) is 0.500. The average molecular weight is 267 g/mol. The topological polar surface area (TPSA) is 44.4 Å². The largest absolute Gasteiger partial charge is 0.355 e. The summed E-state index contributed by atoms with van der Waals surface area (Å²) in [7, 11) is 3.96. The highest BCUT2D eigenvalue weighted by atomic mass is 19.1. The molecule has 0 aliphatic heterocycles. The standard InChI is InChI=1S/C14H22FN3O/c1-18(2)10-9-16-11-14(19)17-8-7-12-5-3-4-6-13(12)15/h3-6,16H,7-11H2,1-2H3,(H,17,19). The van der Waals surface area contributed by atoms with Crippen molar-refractivity contribution in [3.8, 4) is 0 Å². The van der Waals surface area contributed by atoms with E-state index in [1.807, 2.05) is 19.0 Å². The van der Waals surface area contributed by atoms with Crippen molar-refractivity contribution in [1.29, 1.82) is 0 Å². The van der Waals surface area contributed by atoms with Crippen LogP contribution in [0.5, 0.6) is 0 Å². The van der Waals surface area contributed by atoms with E-state index < -0.39 is 0 Å². The zero-order valence-electron chi connectivity index (χ0n) is 11.6. The van der Waals surface area contributed by atoms with Crippen LogP contribution in [-0.4, -0.2) is 51.1 Å². The van der Waals surface area contributed by atoms with E-state index in [1.165, 1.54) is 6.07 Å². The zero-order valence-corrected chi connectivity index (χ0v) is 11.6.